The summed E-state index contributed by atoms with van der Waals surface area (Å²) in [6.45, 7) is 12.9. The maximum atomic E-state index is 14.3. The van der Waals surface area contributed by atoms with Gasteiger partial charge < -0.3 is 44.3 Å². The summed E-state index contributed by atoms with van der Waals surface area (Å²) in [5.41, 5.74) is 1.14. The van der Waals surface area contributed by atoms with Crippen molar-refractivity contribution in [1.82, 2.24) is 4.90 Å². The quantitative estimate of drug-likeness (QED) is 0.163. The lowest BCUT2D eigenvalue weighted by Crippen LogP contribution is -2.64. The zero-order valence-electron chi connectivity index (χ0n) is 35.1. The zero-order chi connectivity index (χ0) is 42.2. The van der Waals surface area contributed by atoms with Crippen LogP contribution in [0.1, 0.15) is 105 Å². The smallest absolute Gasteiger partial charge is 0.329 e. The van der Waals surface area contributed by atoms with Gasteiger partial charge in [-0.25, -0.2) is 4.79 Å². The lowest BCUT2D eigenvalue weighted by atomic mass is 9.78. The van der Waals surface area contributed by atoms with Gasteiger partial charge in [0.05, 0.1) is 24.4 Å². The molecule has 13 nitrogen and oxygen atoms in total. The number of methoxy groups -OCH3 is 2. The van der Waals surface area contributed by atoms with E-state index >= 15 is 0 Å². The summed E-state index contributed by atoms with van der Waals surface area (Å²) in [5.74, 6) is -7.75. The minimum Gasteiger partial charge on any atom is -0.456 e. The largest absolute Gasteiger partial charge is 0.456 e. The van der Waals surface area contributed by atoms with Gasteiger partial charge in [-0.1, -0.05) is 45.9 Å². The number of hydrogen-bond donors (Lipinski definition) is 4. The van der Waals surface area contributed by atoms with E-state index in [4.69, 9.17) is 18.9 Å². The molecule has 13 heteroatoms. The molecule has 2 bridgehead atoms. The Kier molecular flexibility index (Phi) is 17.2. The molecule has 0 aromatic heterocycles. The summed E-state index contributed by atoms with van der Waals surface area (Å²) in [7, 11) is 3.05. The van der Waals surface area contributed by atoms with Crippen molar-refractivity contribution in [2.75, 3.05) is 27.4 Å². The molecule has 14 atom stereocenters. The maximum absolute atomic E-state index is 14.3. The standard InChI is InChI=1S/C44H69NO12/c1-9-12-31-18-25(2)17-26(3)19-37(54-7)40-38(55-8)21-28(5)44(53,57-40)41(50)42(51)45-16-11-10-13-33(45)43(52)56-39(29(6)35(48)23-36(31)49)27(4)20-30-14-15-34(47)32(22-30)24-46/h9,18,20,25-26,28-30,32-35,37-40,46-48,53H,1,10-17,19,21-24H2,2-8H3/b27-20?,31-18+/t25?,26-,28+,29+,30?,32-,33?,34+,35-,37-,38-,39+,40?,44+/m0/s1. The normalized spacial score (nSPS) is 41.0. The van der Waals surface area contributed by atoms with E-state index in [2.05, 4.69) is 6.58 Å². The molecule has 1 amide bonds. The van der Waals surface area contributed by atoms with Crippen molar-refractivity contribution < 1.29 is 58.6 Å². The van der Waals surface area contributed by atoms with Crippen molar-refractivity contribution in [3.8, 4) is 0 Å². The molecule has 0 radical (unpaired) electrons. The molecule has 322 valence electrons. The molecule has 0 aromatic rings. The average molecular weight is 804 g/mol. The van der Waals surface area contributed by atoms with Gasteiger partial charge in [0.25, 0.3) is 11.7 Å². The van der Waals surface area contributed by atoms with Crippen LogP contribution >= 0.6 is 0 Å². The van der Waals surface area contributed by atoms with E-state index in [0.717, 1.165) is 0 Å². The van der Waals surface area contributed by atoms with Crippen LogP contribution in [0.4, 0.5) is 0 Å². The van der Waals surface area contributed by atoms with E-state index in [1.165, 1.54) is 19.1 Å². The van der Waals surface area contributed by atoms with Crippen LogP contribution in [0.2, 0.25) is 0 Å². The second-order valence-electron chi connectivity index (χ2n) is 17.4. The van der Waals surface area contributed by atoms with Gasteiger partial charge in [-0.15, -0.1) is 6.58 Å². The van der Waals surface area contributed by atoms with E-state index in [1.54, 1.807) is 26.8 Å². The van der Waals surface area contributed by atoms with Gasteiger partial charge in [-0.2, -0.15) is 0 Å². The molecular formula is C44H69NO12. The molecular weight excluding hydrogens is 734 g/mol. The van der Waals surface area contributed by atoms with Crippen LogP contribution in [-0.2, 0) is 38.1 Å². The van der Waals surface area contributed by atoms with Gasteiger partial charge in [0.2, 0.25) is 5.79 Å². The molecule has 4 N–H and O–H groups in total. The summed E-state index contributed by atoms with van der Waals surface area (Å²) < 4.78 is 24.2. The lowest BCUT2D eigenvalue weighted by molar-refractivity contribution is -0.302. The summed E-state index contributed by atoms with van der Waals surface area (Å²) in [5, 5.41) is 44.0. The Bertz CT molecular complexity index is 1480. The highest BCUT2D eigenvalue weighted by Gasteiger charge is 2.56. The van der Waals surface area contributed by atoms with E-state index < -0.39 is 77.9 Å². The van der Waals surface area contributed by atoms with Crippen molar-refractivity contribution in [2.24, 2.45) is 35.5 Å². The van der Waals surface area contributed by atoms with Gasteiger partial charge in [-0.3, -0.25) is 14.4 Å². The number of carbonyl (C=O) groups is 4. The molecule has 1 aliphatic carbocycles. The van der Waals surface area contributed by atoms with E-state index in [0.29, 0.717) is 62.5 Å². The van der Waals surface area contributed by atoms with Crippen LogP contribution < -0.4 is 0 Å². The van der Waals surface area contributed by atoms with E-state index in [-0.39, 0.29) is 61.9 Å². The molecule has 3 heterocycles. The van der Waals surface area contributed by atoms with E-state index in [1.807, 2.05) is 26.0 Å². The predicted molar refractivity (Wildman–Crippen MR) is 212 cm³/mol. The SMILES string of the molecule is C=CC/C1=C\C(C)C[C@H](C)C[C@H](OC)C2O[C@@](O)(C(=O)C(=O)N3CCCCC3C(=O)O[C@H](C(C)=CC3CC[C@@H](O)[C@H](CO)C3)[C@H](C)[C@@H](O)CC1=O)[C@H](C)C[C@@H]2OC. The number of allylic oxidation sites excluding steroid dienone is 4. The molecule has 4 aliphatic rings. The number of amides is 1. The summed E-state index contributed by atoms with van der Waals surface area (Å²) in [6.07, 6.45) is 4.95. The molecule has 4 rings (SSSR count). The monoisotopic (exact) mass is 803 g/mol. The zero-order valence-corrected chi connectivity index (χ0v) is 35.1. The Morgan fingerprint density at radius 3 is 2.30 bits per heavy atom. The molecule has 3 fully saturated rings. The fraction of sp³-hybridized carbons (Fsp3) is 0.773. The second-order valence-corrected chi connectivity index (χ2v) is 17.4. The highest BCUT2D eigenvalue weighted by molar-refractivity contribution is 6.39. The van der Waals surface area contributed by atoms with Crippen molar-refractivity contribution in [1.29, 1.82) is 0 Å². The van der Waals surface area contributed by atoms with Crippen LogP contribution in [0.5, 0.6) is 0 Å². The first-order valence-electron chi connectivity index (χ1n) is 21.0. The van der Waals surface area contributed by atoms with Crippen molar-refractivity contribution in [2.45, 2.75) is 154 Å². The molecule has 3 aliphatic heterocycles. The number of esters is 1. The maximum Gasteiger partial charge on any atom is 0.329 e. The fourth-order valence-corrected chi connectivity index (χ4v) is 9.53. The number of aliphatic hydroxyl groups excluding tert-OH is 3. The topological polar surface area (TPSA) is 189 Å². The van der Waals surface area contributed by atoms with Crippen LogP contribution in [-0.4, -0.2) is 125 Å². The number of piperidine rings is 1. The van der Waals surface area contributed by atoms with E-state index in [9.17, 15) is 39.6 Å². The number of hydrogen-bond acceptors (Lipinski definition) is 12. The van der Waals surface area contributed by atoms with Crippen LogP contribution in [0.25, 0.3) is 0 Å². The van der Waals surface area contributed by atoms with Gasteiger partial charge in [0.15, 0.2) is 5.78 Å². The Morgan fingerprint density at radius 2 is 1.65 bits per heavy atom. The summed E-state index contributed by atoms with van der Waals surface area (Å²) in [6, 6.07) is -1.16. The van der Waals surface area contributed by atoms with Crippen molar-refractivity contribution in [3.63, 3.8) is 0 Å². The highest BCUT2D eigenvalue weighted by Crippen LogP contribution is 2.39. The number of ether oxygens (including phenoxy) is 4. The van der Waals surface area contributed by atoms with Gasteiger partial charge >= 0.3 is 5.97 Å². The molecule has 0 spiro atoms. The highest BCUT2D eigenvalue weighted by atomic mass is 16.7. The lowest BCUT2D eigenvalue weighted by Gasteiger charge is -2.47. The third-order valence-corrected chi connectivity index (χ3v) is 13.0. The molecule has 0 aromatic carbocycles. The summed E-state index contributed by atoms with van der Waals surface area (Å²) >= 11 is 0. The van der Waals surface area contributed by atoms with Crippen LogP contribution in [0.15, 0.2) is 36.0 Å². The average Bonchev–Trinajstić information content (AvgIpc) is 3.18. The third-order valence-electron chi connectivity index (χ3n) is 13.0. The van der Waals surface area contributed by atoms with Crippen molar-refractivity contribution >= 4 is 23.4 Å². The summed E-state index contributed by atoms with van der Waals surface area (Å²) in [4.78, 5) is 57.7. The fourth-order valence-electron chi connectivity index (χ4n) is 9.53. The first kappa shape index (κ1) is 46.9. The predicted octanol–water partition coefficient (Wildman–Crippen LogP) is 4.23. The second kappa shape index (κ2) is 21.0. The molecule has 1 saturated carbocycles. The Labute approximate surface area is 338 Å². The van der Waals surface area contributed by atoms with Gasteiger partial charge in [-0.05, 0) is 100 Å². The number of rotatable bonds is 7. The van der Waals surface area contributed by atoms with Crippen LogP contribution in [0.3, 0.4) is 0 Å². The van der Waals surface area contributed by atoms with Crippen LogP contribution in [0, 0.1) is 35.5 Å². The molecule has 2 saturated heterocycles. The van der Waals surface area contributed by atoms with Gasteiger partial charge in [0.1, 0.15) is 18.2 Å². The first-order valence-corrected chi connectivity index (χ1v) is 21.0. The number of cyclic esters (lactones) is 1. The number of Topliss-reactive ketones (excluding diaryl/α,β-unsaturated/α-hetero) is 2. The Morgan fingerprint density at radius 1 is 0.965 bits per heavy atom. The van der Waals surface area contributed by atoms with Gasteiger partial charge in [0, 0.05) is 51.5 Å². The minimum atomic E-state index is -2.52. The first-order chi connectivity index (χ1) is 27.0. The minimum absolute atomic E-state index is 0.0276. The van der Waals surface area contributed by atoms with Crippen molar-refractivity contribution in [3.05, 3.63) is 36.0 Å². The molecule has 4 unspecified atom stereocenters. The molecule has 57 heavy (non-hydrogen) atoms. The number of fused-ring (bicyclic) bond motifs is 3. The number of ketones is 2. The Balaban J connectivity index is 1.78. The number of aliphatic hydroxyl groups is 4. The number of nitrogens with zero attached hydrogens (tertiary/aromatic N) is 1. The number of carbonyl (C=O) groups excluding carboxylic acids is 4. The Hall–Kier alpha value is -2.78. The third kappa shape index (κ3) is 11.3.